The Morgan fingerprint density at radius 3 is 1.10 bits per heavy atom. The lowest BCUT2D eigenvalue weighted by Crippen LogP contribution is -2.67. The van der Waals surface area contributed by atoms with Crippen LogP contribution in [-0.2, 0) is 105 Å². The molecule has 4 fully saturated rings. The fourth-order valence-electron chi connectivity index (χ4n) is 15.6. The van der Waals surface area contributed by atoms with Gasteiger partial charge in [-0.2, -0.15) is 94.8 Å². The largest absolute Gasteiger partial charge is 0.445 e. The molecule has 0 spiro atoms. The van der Waals surface area contributed by atoms with Crippen LogP contribution in [0.3, 0.4) is 0 Å². The fourth-order valence-corrected chi connectivity index (χ4v) is 16.1. The number of ether oxygens (including phenoxy) is 5. The number of rotatable bonds is 25. The number of halogens is 21. The summed E-state index contributed by atoms with van der Waals surface area (Å²) < 4.78 is 272. The van der Waals surface area contributed by atoms with Crippen LogP contribution in [-0.4, -0.2) is 118 Å². The van der Waals surface area contributed by atoms with E-state index in [1.807, 2.05) is 24.3 Å². The Hall–Kier alpha value is -11.2. The van der Waals surface area contributed by atoms with Crippen molar-refractivity contribution in [3.8, 4) is 18.2 Å². The molecular weight excluding hydrogens is 1860 g/mol. The van der Waals surface area contributed by atoms with Crippen LogP contribution in [0.1, 0.15) is 175 Å². The summed E-state index contributed by atoms with van der Waals surface area (Å²) in [5, 5.41) is 35.6. The zero-order valence-corrected chi connectivity index (χ0v) is 74.1. The number of nitrogens with one attached hydrogen (secondary N) is 2. The van der Waals surface area contributed by atoms with Crippen LogP contribution in [0.2, 0.25) is 0 Å². The van der Waals surface area contributed by atoms with Crippen molar-refractivity contribution in [2.75, 3.05) is 57.8 Å². The first-order valence-electron chi connectivity index (χ1n) is 41.4. The molecule has 4 aliphatic heterocycles. The van der Waals surface area contributed by atoms with Crippen molar-refractivity contribution >= 4 is 64.0 Å². The number of alkyl halides is 20. The van der Waals surface area contributed by atoms with Gasteiger partial charge in [-0.05, 0) is 170 Å². The van der Waals surface area contributed by atoms with Crippen LogP contribution in [0.5, 0.6) is 0 Å². The highest BCUT2D eigenvalue weighted by Gasteiger charge is 2.56. The zero-order valence-electron chi connectivity index (χ0n) is 71.8. The molecule has 8 aromatic carbocycles. The van der Waals surface area contributed by atoms with E-state index in [0.29, 0.717) is 90.3 Å². The van der Waals surface area contributed by atoms with Crippen molar-refractivity contribution in [1.29, 1.82) is 15.8 Å². The third kappa shape index (κ3) is 27.3. The molecule has 0 saturated carbocycles. The fraction of sp³-hybridized carbons (Fsp3) is 0.404. The minimum Gasteiger partial charge on any atom is -0.445 e. The third-order valence-corrected chi connectivity index (χ3v) is 23.9. The van der Waals surface area contributed by atoms with E-state index in [9.17, 15) is 119 Å². The predicted octanol–water partition coefficient (Wildman–Crippen LogP) is 22.4. The number of likely N-dealkylation sites (tertiary alicyclic amines) is 3. The van der Waals surface area contributed by atoms with Gasteiger partial charge in [-0.25, -0.2) is 9.59 Å². The summed E-state index contributed by atoms with van der Waals surface area (Å²) in [4.78, 5) is 66.0. The molecule has 718 valence electrons. The van der Waals surface area contributed by atoms with E-state index in [0.717, 1.165) is 5.56 Å². The quantitative estimate of drug-likeness (QED) is 0.0208. The van der Waals surface area contributed by atoms with Gasteiger partial charge in [0.1, 0.15) is 29.8 Å². The number of nitriles is 3. The van der Waals surface area contributed by atoms with E-state index >= 15 is 0 Å². The van der Waals surface area contributed by atoms with Gasteiger partial charge < -0.3 is 45.0 Å². The van der Waals surface area contributed by atoms with Crippen LogP contribution in [0.4, 0.5) is 88.6 Å². The number of carbonyl (C=O) groups is 5. The Kier molecular flexibility index (Phi) is 35.4. The molecule has 8 aromatic rings. The van der Waals surface area contributed by atoms with E-state index in [1.165, 1.54) is 30.6 Å². The molecule has 0 bridgehead atoms. The maximum absolute atomic E-state index is 14.0. The molecule has 9 atom stereocenters. The summed E-state index contributed by atoms with van der Waals surface area (Å²) in [5.74, 6) is -0.319. The Balaban J connectivity index is 0.000000220. The Morgan fingerprint density at radius 1 is 0.455 bits per heavy atom. The molecule has 12 rings (SSSR count). The molecule has 0 radical (unpaired) electrons. The van der Waals surface area contributed by atoms with E-state index in [2.05, 4.69) is 22.8 Å². The number of amides is 4. The zero-order chi connectivity index (χ0) is 98.7. The first kappa shape index (κ1) is 106. The lowest BCUT2D eigenvalue weighted by atomic mass is 9.75. The molecule has 0 unspecified atom stereocenters. The van der Waals surface area contributed by atoms with Gasteiger partial charge in [-0.1, -0.05) is 152 Å². The lowest BCUT2D eigenvalue weighted by Gasteiger charge is -2.51. The van der Waals surface area contributed by atoms with Gasteiger partial charge in [-0.3, -0.25) is 24.2 Å². The number of piperidine rings is 3. The summed E-state index contributed by atoms with van der Waals surface area (Å²) >= 11 is 15.7. The van der Waals surface area contributed by atoms with Gasteiger partial charge in [-0.15, -0.1) is 23.2 Å². The Morgan fingerprint density at radius 2 is 0.806 bits per heavy atom. The number of hydrogen-bond acceptors (Lipinski definition) is 15. The van der Waals surface area contributed by atoms with Crippen LogP contribution in [0.25, 0.3) is 0 Å². The Bertz CT molecular complexity index is 5360. The highest BCUT2D eigenvalue weighted by molar-refractivity contribution is 6.63. The number of carbonyl (C=O) groups excluding carboxylic acids is 5. The minimum absolute atomic E-state index is 0.00469. The molecule has 134 heavy (non-hydrogen) atoms. The highest BCUT2D eigenvalue weighted by atomic mass is 35.5. The molecule has 0 aromatic heterocycles. The van der Waals surface area contributed by atoms with Crippen LogP contribution < -0.4 is 16.4 Å². The monoisotopic (exact) mass is 1950 g/mol. The van der Waals surface area contributed by atoms with Crippen LogP contribution in [0.15, 0.2) is 206 Å². The smallest absolute Gasteiger partial charge is 0.416 e. The lowest BCUT2D eigenvalue weighted by molar-refractivity contribution is -0.148. The van der Waals surface area contributed by atoms with Crippen molar-refractivity contribution in [1.82, 2.24) is 25.3 Å². The number of nitrogens with two attached hydrogens (primary N) is 1. The second-order valence-electron chi connectivity index (χ2n) is 32.4. The highest BCUT2D eigenvalue weighted by Crippen LogP contribution is 2.49. The topological polar surface area (TPSA) is 263 Å². The molecular formula is C94H90Cl3F18N9O10. The number of β-lactam (4-membered cyclic amide) rings is 1. The van der Waals surface area contributed by atoms with Crippen molar-refractivity contribution in [3.05, 3.63) is 284 Å². The van der Waals surface area contributed by atoms with Gasteiger partial charge in [0.25, 0.3) is 0 Å². The maximum Gasteiger partial charge on any atom is 0.416 e. The van der Waals surface area contributed by atoms with Crippen molar-refractivity contribution in [2.24, 2.45) is 5.73 Å². The van der Waals surface area contributed by atoms with E-state index in [4.69, 9.17) is 64.2 Å². The van der Waals surface area contributed by atoms with Gasteiger partial charge in [0.2, 0.25) is 17.1 Å². The molecule has 4 aliphatic rings. The Labute approximate surface area is 774 Å². The molecule has 4 amide bonds. The second-order valence-corrected chi connectivity index (χ2v) is 33.6. The van der Waals surface area contributed by atoms with Crippen LogP contribution >= 0.6 is 34.8 Å². The number of hydrogen-bond donors (Lipinski definition) is 3. The summed E-state index contributed by atoms with van der Waals surface area (Å²) in [7, 11) is 0. The van der Waals surface area contributed by atoms with Gasteiger partial charge in [0.15, 0.2) is 0 Å². The first-order valence-corrected chi connectivity index (χ1v) is 42.9. The minimum atomic E-state index is -5.06. The van der Waals surface area contributed by atoms with Crippen molar-refractivity contribution < 1.29 is 127 Å². The summed E-state index contributed by atoms with van der Waals surface area (Å²) in [5.41, 5.74) is -7.78. The maximum atomic E-state index is 14.0. The third-order valence-electron chi connectivity index (χ3n) is 23.3. The molecule has 4 saturated heterocycles. The van der Waals surface area contributed by atoms with E-state index in [-0.39, 0.29) is 137 Å². The molecule has 0 aliphatic carbocycles. The predicted molar refractivity (Wildman–Crippen MR) is 454 cm³/mol. The van der Waals surface area contributed by atoms with Crippen molar-refractivity contribution in [3.63, 3.8) is 0 Å². The molecule has 19 nitrogen and oxygen atoms in total. The average Bonchev–Trinajstić information content (AvgIpc) is 0.742. The summed E-state index contributed by atoms with van der Waals surface area (Å²) in [6, 6.07) is 54.0. The van der Waals surface area contributed by atoms with Crippen molar-refractivity contribution in [2.45, 2.75) is 180 Å². The normalized spacial score (nSPS) is 21.6. The first-order chi connectivity index (χ1) is 62.9. The average molecular weight is 1950 g/mol. The van der Waals surface area contributed by atoms with Crippen LogP contribution in [0, 0.1) is 34.0 Å². The molecule has 4 N–H and O–H groups in total. The van der Waals surface area contributed by atoms with E-state index in [1.54, 1.807) is 138 Å². The standard InChI is InChI=1S/C34H32ClF6N3O4.C31H29F6N3O3.C26H25F6N3O2.C3H4Cl2O/c1-23(25-16-27(33(36,37)38)18-28(17-25)34(39,40)41)48-22-32(26-10-6-3-7-11-26)14-13-31(20-42,43-29(45)12-15-35)21-44(32)30(46)47-19-24-8-4-2-5-9-24;1-21(23-14-25(30(32,33)34)16-26(15-23)31(35,36)37)43-20-29(24-10-6-3-7-11-24)13-12-28(39,18-38)19-40(29)27(41)42-17-22-8-4-2-5-9-22;1-17(18-11-20(25(27,28)29)13-21(12-18)26(30,31)32)37-16-24(19-5-3-2-4-6-19)9-8-23(14-33,15-34-24)35-10-7-22(35)36;4-2-1-3(5)6/h2-11,16-18,23H,12-15,19,21-22H2,1H3,(H,43,45);2-11,14-16,21H,12-13,17,19-20,39H2,1H3;2-6,11-13,17,34H,7-10,15-16H2,1H3;1-2H2/t23-,31-,32-;21-,28-,29-;17-,23-,24-;/m111./s1. The second kappa shape index (κ2) is 44.5. The summed E-state index contributed by atoms with van der Waals surface area (Å²) in [6.07, 6.45) is -33.9. The van der Waals surface area contributed by atoms with E-state index < -0.39 is 147 Å². The van der Waals surface area contributed by atoms with Gasteiger partial charge >= 0.3 is 49.2 Å². The molecule has 40 heteroatoms. The van der Waals surface area contributed by atoms with Gasteiger partial charge in [0.05, 0.1) is 119 Å². The number of nitrogens with zero attached hydrogens (tertiary/aromatic N) is 6. The molecule has 4 heterocycles. The SMILES string of the molecule is C[C@@H](OC[C@@]1(c2ccccc2)CC[C@@](N)(C#N)CN1C(=O)OCc1ccccc1)c1cc(C(F)(F)F)cc(C(F)(F)F)c1.C[C@@H](OC[C@@]1(c2ccccc2)CC[C@](C#N)(N2CCC2=O)CN1)c1cc(C(F)(F)F)cc(C(F)(F)F)c1.C[C@@H](OC[C@@]1(c2ccccc2)CC[C@](C#N)(NC(=O)CCCl)CN1C(=O)OCc1ccccc1)c1cc(C(F)(F)F)cc(C(F)(F)F)c1.O=C(Cl)CCCl. The number of benzene rings is 8. The summed E-state index contributed by atoms with van der Waals surface area (Å²) in [6.45, 7) is 2.96. The van der Waals surface area contributed by atoms with Gasteiger partial charge in [0, 0.05) is 44.1 Å².